The van der Waals surface area contributed by atoms with Crippen LogP contribution >= 0.6 is 0 Å². The Balaban J connectivity index is 4.11. The minimum Gasteiger partial charge on any atom is -0.386 e. The van der Waals surface area contributed by atoms with E-state index in [4.69, 9.17) is 0 Å². The smallest absolute Gasteiger partial charge is 0.158 e. The molecule has 0 radical (unpaired) electrons. The summed E-state index contributed by atoms with van der Waals surface area (Å²) in [4.78, 5) is 11.9. The summed E-state index contributed by atoms with van der Waals surface area (Å²) in [6.07, 6.45) is 11.0. The minimum atomic E-state index is -0.943. The summed E-state index contributed by atoms with van der Waals surface area (Å²) in [5, 5.41) is 19.4. The van der Waals surface area contributed by atoms with Gasteiger partial charge >= 0.3 is 0 Å². The quantitative estimate of drug-likeness (QED) is 0.439. The Kier molecular flexibility index (Phi) is 9.33. The molecule has 0 rings (SSSR count). The zero-order valence-electron chi connectivity index (χ0n) is 15.4. The zero-order chi connectivity index (χ0) is 18.1. The Morgan fingerprint density at radius 3 is 2.39 bits per heavy atom. The predicted molar refractivity (Wildman–Crippen MR) is 97.3 cm³/mol. The highest BCUT2D eigenvalue weighted by atomic mass is 16.3. The molecule has 0 aromatic carbocycles. The van der Waals surface area contributed by atoms with Crippen molar-refractivity contribution in [1.29, 1.82) is 0 Å². The van der Waals surface area contributed by atoms with Crippen LogP contribution in [-0.2, 0) is 4.79 Å². The maximum Gasteiger partial charge on any atom is 0.158 e. The van der Waals surface area contributed by atoms with Crippen molar-refractivity contribution in [3.63, 3.8) is 0 Å². The standard InChI is InChI=1S/C20H34O3/c1-7-20(6,23)14-9-11-16(2)10-8-12-17(3)18(21)13-15-19(4,5)22/h7,11,13,15,17,22-23H,1,8-10,12,14H2,2-6H3/b15-13+,16-11+/t17-,20+/m1/s1. The number of carbonyl (C=O) groups is 1. The van der Waals surface area contributed by atoms with E-state index < -0.39 is 11.2 Å². The molecule has 0 aliphatic rings. The van der Waals surface area contributed by atoms with Crippen LogP contribution in [0.15, 0.2) is 36.5 Å². The molecule has 0 bridgehead atoms. The number of allylic oxidation sites excluding steroid dienone is 3. The molecule has 0 spiro atoms. The topological polar surface area (TPSA) is 57.5 Å². The molecule has 0 unspecified atom stereocenters. The predicted octanol–water partition coefficient (Wildman–Crippen LogP) is 4.35. The van der Waals surface area contributed by atoms with Gasteiger partial charge < -0.3 is 10.2 Å². The maximum absolute atomic E-state index is 11.9. The Labute approximate surface area is 141 Å². The van der Waals surface area contributed by atoms with Crippen LogP contribution in [0.2, 0.25) is 0 Å². The minimum absolute atomic E-state index is 0.0251. The highest BCUT2D eigenvalue weighted by molar-refractivity contribution is 5.91. The molecule has 0 fully saturated rings. The van der Waals surface area contributed by atoms with Crippen LogP contribution in [0, 0.1) is 5.92 Å². The Hall–Kier alpha value is -1.19. The van der Waals surface area contributed by atoms with E-state index in [9.17, 15) is 15.0 Å². The highest BCUT2D eigenvalue weighted by Crippen LogP contribution is 2.17. The second-order valence-electron chi connectivity index (χ2n) is 7.33. The van der Waals surface area contributed by atoms with Crippen LogP contribution < -0.4 is 0 Å². The monoisotopic (exact) mass is 322 g/mol. The molecule has 0 saturated carbocycles. The third kappa shape index (κ3) is 12.0. The van der Waals surface area contributed by atoms with E-state index in [1.807, 2.05) is 6.92 Å². The van der Waals surface area contributed by atoms with E-state index in [1.54, 1.807) is 32.9 Å². The van der Waals surface area contributed by atoms with Crippen LogP contribution in [0.25, 0.3) is 0 Å². The van der Waals surface area contributed by atoms with Gasteiger partial charge in [-0.15, -0.1) is 6.58 Å². The molecule has 2 atom stereocenters. The molecular formula is C20H34O3. The molecule has 0 aliphatic carbocycles. The summed E-state index contributed by atoms with van der Waals surface area (Å²) in [6, 6.07) is 0. The Bertz CT molecular complexity index is 436. The molecule has 132 valence electrons. The second-order valence-corrected chi connectivity index (χ2v) is 7.33. The summed E-state index contributed by atoms with van der Waals surface area (Å²) < 4.78 is 0. The van der Waals surface area contributed by atoms with E-state index >= 15 is 0 Å². The molecule has 0 aromatic rings. The maximum atomic E-state index is 11.9. The third-order valence-corrected chi connectivity index (χ3v) is 3.93. The number of hydrogen-bond donors (Lipinski definition) is 2. The summed E-state index contributed by atoms with van der Waals surface area (Å²) in [5.74, 6) is 0.0405. The lowest BCUT2D eigenvalue weighted by Crippen LogP contribution is -2.19. The van der Waals surface area contributed by atoms with Gasteiger partial charge in [0, 0.05) is 5.92 Å². The van der Waals surface area contributed by atoms with E-state index in [-0.39, 0.29) is 11.7 Å². The number of aliphatic hydroxyl groups is 2. The van der Waals surface area contributed by atoms with Crippen molar-refractivity contribution in [3.8, 4) is 0 Å². The van der Waals surface area contributed by atoms with Crippen LogP contribution in [0.3, 0.4) is 0 Å². The molecule has 0 aliphatic heterocycles. The lowest BCUT2D eigenvalue weighted by molar-refractivity contribution is -0.118. The molecule has 3 nitrogen and oxygen atoms in total. The molecule has 23 heavy (non-hydrogen) atoms. The Morgan fingerprint density at radius 1 is 1.26 bits per heavy atom. The van der Waals surface area contributed by atoms with Gasteiger partial charge in [-0.25, -0.2) is 0 Å². The van der Waals surface area contributed by atoms with Crippen molar-refractivity contribution >= 4 is 5.78 Å². The fourth-order valence-corrected chi connectivity index (χ4v) is 2.09. The highest BCUT2D eigenvalue weighted by Gasteiger charge is 2.14. The SMILES string of the molecule is C=C[C@](C)(O)CC/C=C(\C)CCC[C@@H](C)C(=O)/C=C/C(C)(C)O. The van der Waals surface area contributed by atoms with E-state index in [0.717, 1.165) is 25.7 Å². The average Bonchev–Trinajstić information content (AvgIpc) is 2.43. The van der Waals surface area contributed by atoms with Gasteiger partial charge in [-0.3, -0.25) is 4.79 Å². The summed E-state index contributed by atoms with van der Waals surface area (Å²) in [5.41, 5.74) is -0.456. The first-order valence-electron chi connectivity index (χ1n) is 8.44. The van der Waals surface area contributed by atoms with Crippen molar-refractivity contribution in [1.82, 2.24) is 0 Å². The summed E-state index contributed by atoms with van der Waals surface area (Å²) in [7, 11) is 0. The van der Waals surface area contributed by atoms with E-state index in [1.165, 1.54) is 11.6 Å². The normalized spacial score (nSPS) is 17.1. The van der Waals surface area contributed by atoms with Crippen LogP contribution in [0.1, 0.15) is 66.7 Å². The first-order chi connectivity index (χ1) is 10.5. The van der Waals surface area contributed by atoms with Gasteiger partial charge in [0.25, 0.3) is 0 Å². The van der Waals surface area contributed by atoms with Crippen molar-refractivity contribution in [2.45, 2.75) is 77.9 Å². The summed E-state index contributed by atoms with van der Waals surface area (Å²) >= 11 is 0. The fourth-order valence-electron chi connectivity index (χ4n) is 2.09. The first kappa shape index (κ1) is 21.8. The van der Waals surface area contributed by atoms with Gasteiger partial charge in [-0.05, 0) is 65.9 Å². The second kappa shape index (κ2) is 9.84. The van der Waals surface area contributed by atoms with Gasteiger partial charge in [0.15, 0.2) is 5.78 Å². The molecular weight excluding hydrogens is 288 g/mol. The fraction of sp³-hybridized carbons (Fsp3) is 0.650. The third-order valence-electron chi connectivity index (χ3n) is 3.93. The average molecular weight is 322 g/mol. The van der Waals surface area contributed by atoms with E-state index in [2.05, 4.69) is 19.6 Å². The molecule has 0 saturated heterocycles. The number of carbonyl (C=O) groups excluding carboxylic acids is 1. The van der Waals surface area contributed by atoms with Crippen LogP contribution in [-0.4, -0.2) is 27.2 Å². The zero-order valence-corrected chi connectivity index (χ0v) is 15.4. The van der Waals surface area contributed by atoms with Crippen molar-refractivity contribution in [3.05, 3.63) is 36.5 Å². The number of ketones is 1. The van der Waals surface area contributed by atoms with Crippen LogP contribution in [0.4, 0.5) is 0 Å². The summed E-state index contributed by atoms with van der Waals surface area (Å²) in [6.45, 7) is 12.7. The Morgan fingerprint density at radius 2 is 1.87 bits per heavy atom. The van der Waals surface area contributed by atoms with Crippen molar-refractivity contribution in [2.24, 2.45) is 5.92 Å². The first-order valence-corrected chi connectivity index (χ1v) is 8.44. The largest absolute Gasteiger partial charge is 0.386 e. The number of rotatable bonds is 11. The van der Waals surface area contributed by atoms with Gasteiger partial charge in [0.05, 0.1) is 11.2 Å². The van der Waals surface area contributed by atoms with Gasteiger partial charge in [-0.2, -0.15) is 0 Å². The molecule has 3 heteroatoms. The molecule has 0 amide bonds. The van der Waals surface area contributed by atoms with Gasteiger partial charge in [0.2, 0.25) is 0 Å². The van der Waals surface area contributed by atoms with Crippen molar-refractivity contribution < 1.29 is 15.0 Å². The van der Waals surface area contributed by atoms with Crippen molar-refractivity contribution in [2.75, 3.05) is 0 Å². The lowest BCUT2D eigenvalue weighted by Gasteiger charge is -2.17. The van der Waals surface area contributed by atoms with Gasteiger partial charge in [-0.1, -0.05) is 30.7 Å². The lowest BCUT2D eigenvalue weighted by atomic mass is 9.95. The van der Waals surface area contributed by atoms with Gasteiger partial charge in [0.1, 0.15) is 0 Å². The molecule has 2 N–H and O–H groups in total. The van der Waals surface area contributed by atoms with E-state index in [0.29, 0.717) is 6.42 Å². The molecule has 0 heterocycles. The van der Waals surface area contributed by atoms with Crippen LogP contribution in [0.5, 0.6) is 0 Å². The molecule has 0 aromatic heterocycles. The number of hydrogen-bond acceptors (Lipinski definition) is 3.